The van der Waals surface area contributed by atoms with Gasteiger partial charge in [-0.2, -0.15) is 13.2 Å². The Balaban J connectivity index is 1.21. The summed E-state index contributed by atoms with van der Waals surface area (Å²) in [4.78, 5) is 37.0. The second-order valence-corrected chi connectivity index (χ2v) is 10.2. The zero-order valence-corrected chi connectivity index (χ0v) is 21.1. The lowest BCUT2D eigenvalue weighted by Gasteiger charge is -2.40. The Hall–Kier alpha value is -4.39. The smallest absolute Gasteiger partial charge is 0.383 e. The number of rotatable bonds is 4. The van der Waals surface area contributed by atoms with Crippen LogP contribution in [0.3, 0.4) is 0 Å². The molecular formula is C27H26F3N7O3. The fraction of sp³-hybridized carbons (Fsp3) is 0.333. The van der Waals surface area contributed by atoms with Crippen LogP contribution in [0.25, 0.3) is 5.70 Å². The first-order valence-electron chi connectivity index (χ1n) is 12.8. The molecule has 10 nitrogen and oxygen atoms in total. The number of aliphatic hydroxyl groups is 1. The molecule has 5 N–H and O–H groups in total. The van der Waals surface area contributed by atoms with E-state index in [2.05, 4.69) is 20.6 Å². The summed E-state index contributed by atoms with van der Waals surface area (Å²) in [6.07, 6.45) is 0.830. The number of fused-ring (bicyclic) bond motifs is 2. The topological polar surface area (TPSA) is 136 Å². The van der Waals surface area contributed by atoms with Crippen molar-refractivity contribution in [3.63, 3.8) is 0 Å². The molecule has 4 aliphatic rings. The Morgan fingerprint density at radius 2 is 1.95 bits per heavy atom. The van der Waals surface area contributed by atoms with Gasteiger partial charge in [-0.15, -0.1) is 0 Å². The molecule has 0 bridgehead atoms. The van der Waals surface area contributed by atoms with Crippen molar-refractivity contribution in [2.75, 3.05) is 11.9 Å². The fourth-order valence-corrected chi connectivity index (χ4v) is 5.82. The van der Waals surface area contributed by atoms with Gasteiger partial charge in [-0.05, 0) is 42.7 Å². The van der Waals surface area contributed by atoms with Crippen LogP contribution >= 0.6 is 0 Å². The molecule has 0 aliphatic carbocycles. The lowest BCUT2D eigenvalue weighted by Crippen LogP contribution is -2.51. The number of nitrogens with one attached hydrogen (secondary N) is 2. The quantitative estimate of drug-likeness (QED) is 0.457. The summed E-state index contributed by atoms with van der Waals surface area (Å²) >= 11 is 0. The SMILES string of the molecule is NC1=NC=CN2C1=C(c1ccc(C(=O)Nc3cc(C(F)(F)F)ccn3)cc1)N[C@@H]2C1CC[C@H]2CC(O)C(=O)N2C1. The van der Waals surface area contributed by atoms with Gasteiger partial charge in [0, 0.05) is 49.1 Å². The van der Waals surface area contributed by atoms with E-state index < -0.39 is 23.8 Å². The number of benzene rings is 1. The number of hydrogen-bond acceptors (Lipinski definition) is 8. The van der Waals surface area contributed by atoms with Crippen molar-refractivity contribution < 1.29 is 27.9 Å². The molecule has 5 heterocycles. The summed E-state index contributed by atoms with van der Waals surface area (Å²) in [7, 11) is 0. The molecule has 2 fully saturated rings. The molecule has 2 amide bonds. The van der Waals surface area contributed by atoms with E-state index in [0.29, 0.717) is 30.2 Å². The summed E-state index contributed by atoms with van der Waals surface area (Å²) in [6, 6.07) is 8.22. The number of hydrogen-bond donors (Lipinski definition) is 4. The van der Waals surface area contributed by atoms with Gasteiger partial charge in [-0.3, -0.25) is 9.59 Å². The Labute approximate surface area is 227 Å². The van der Waals surface area contributed by atoms with Gasteiger partial charge in [-0.25, -0.2) is 9.98 Å². The predicted molar refractivity (Wildman–Crippen MR) is 139 cm³/mol. The lowest BCUT2D eigenvalue weighted by atomic mass is 9.90. The van der Waals surface area contributed by atoms with Gasteiger partial charge in [0.2, 0.25) is 0 Å². The maximum Gasteiger partial charge on any atom is 0.416 e. The number of aliphatic imine (C=N–C) groups is 1. The minimum atomic E-state index is -4.55. The van der Waals surface area contributed by atoms with Crippen LogP contribution in [-0.2, 0) is 11.0 Å². The Morgan fingerprint density at radius 3 is 2.70 bits per heavy atom. The van der Waals surface area contributed by atoms with Gasteiger partial charge in [0.1, 0.15) is 29.6 Å². The van der Waals surface area contributed by atoms with E-state index in [1.807, 2.05) is 11.1 Å². The van der Waals surface area contributed by atoms with E-state index in [1.165, 1.54) is 0 Å². The molecule has 4 atom stereocenters. The van der Waals surface area contributed by atoms with Gasteiger partial charge < -0.3 is 31.3 Å². The van der Waals surface area contributed by atoms with Crippen molar-refractivity contribution in [2.24, 2.45) is 16.6 Å². The van der Waals surface area contributed by atoms with E-state index in [-0.39, 0.29) is 35.4 Å². The van der Waals surface area contributed by atoms with Crippen LogP contribution in [0.2, 0.25) is 0 Å². The molecule has 40 heavy (non-hydrogen) atoms. The zero-order chi connectivity index (χ0) is 28.2. The fourth-order valence-electron chi connectivity index (χ4n) is 5.82. The van der Waals surface area contributed by atoms with Gasteiger partial charge in [0.25, 0.3) is 11.8 Å². The second kappa shape index (κ2) is 9.66. The predicted octanol–water partition coefficient (Wildman–Crippen LogP) is 2.47. The van der Waals surface area contributed by atoms with Crippen LogP contribution in [0.1, 0.15) is 40.7 Å². The molecule has 1 aromatic heterocycles. The Morgan fingerprint density at radius 1 is 1.18 bits per heavy atom. The summed E-state index contributed by atoms with van der Waals surface area (Å²) < 4.78 is 39.0. The number of aliphatic hydroxyl groups excluding tert-OH is 1. The molecule has 13 heteroatoms. The number of carbonyl (C=O) groups is 2. The second-order valence-electron chi connectivity index (χ2n) is 10.2. The number of piperidine rings is 1. The molecule has 2 unspecified atom stereocenters. The lowest BCUT2D eigenvalue weighted by molar-refractivity contribution is -0.138. The minimum Gasteiger partial charge on any atom is -0.383 e. The van der Waals surface area contributed by atoms with Crippen molar-refractivity contribution in [2.45, 2.75) is 43.8 Å². The van der Waals surface area contributed by atoms with Crippen molar-refractivity contribution in [3.8, 4) is 0 Å². The van der Waals surface area contributed by atoms with Crippen molar-refractivity contribution >= 4 is 29.2 Å². The monoisotopic (exact) mass is 553 g/mol. The average molecular weight is 554 g/mol. The summed E-state index contributed by atoms with van der Waals surface area (Å²) in [5.41, 5.74) is 7.71. The number of amidine groups is 1. The first-order valence-corrected chi connectivity index (χ1v) is 12.8. The maximum absolute atomic E-state index is 13.0. The third-order valence-electron chi connectivity index (χ3n) is 7.79. The standard InChI is InChI=1S/C27H26F3N7O3/c28-27(29,30)17-7-8-32-20(11-17)34-25(39)15-3-1-14(2-4-15)21-22-23(31)33-9-10-36(22)24(35-21)16-5-6-18-12-19(38)26(40)37(18)13-16/h1-4,7-11,16,18-19,24,35,38H,5-6,12-13H2,(H2,31,33)(H,32,34,39)/t16?,18-,19?,24-/m0/s1. The molecule has 208 valence electrons. The third kappa shape index (κ3) is 4.55. The number of pyridine rings is 1. The van der Waals surface area contributed by atoms with E-state index in [9.17, 15) is 27.9 Å². The molecule has 1 aromatic carbocycles. The van der Waals surface area contributed by atoms with Crippen LogP contribution in [0.4, 0.5) is 19.0 Å². The highest BCUT2D eigenvalue weighted by atomic mass is 19.4. The highest BCUT2D eigenvalue weighted by Crippen LogP contribution is 2.39. The molecule has 4 aliphatic heterocycles. The molecule has 2 saturated heterocycles. The number of nitrogens with zero attached hydrogens (tertiary/aromatic N) is 4. The van der Waals surface area contributed by atoms with Crippen LogP contribution in [0, 0.1) is 5.92 Å². The van der Waals surface area contributed by atoms with Crippen LogP contribution in [0.5, 0.6) is 0 Å². The van der Waals surface area contributed by atoms with E-state index in [4.69, 9.17) is 5.73 Å². The van der Waals surface area contributed by atoms with Crippen molar-refractivity contribution in [1.29, 1.82) is 0 Å². The molecular weight excluding hydrogens is 527 g/mol. The first-order chi connectivity index (χ1) is 19.1. The molecule has 0 saturated carbocycles. The maximum atomic E-state index is 13.0. The summed E-state index contributed by atoms with van der Waals surface area (Å²) in [5.74, 6) is -0.678. The van der Waals surface area contributed by atoms with Gasteiger partial charge in [0.15, 0.2) is 0 Å². The van der Waals surface area contributed by atoms with Crippen LogP contribution in [0.15, 0.2) is 65.7 Å². The van der Waals surface area contributed by atoms with Crippen LogP contribution < -0.4 is 16.4 Å². The van der Waals surface area contributed by atoms with Crippen LogP contribution in [-0.4, -0.2) is 62.4 Å². The molecule has 0 spiro atoms. The third-order valence-corrected chi connectivity index (χ3v) is 7.79. The first kappa shape index (κ1) is 25.9. The minimum absolute atomic E-state index is 0.0542. The number of halogens is 3. The number of alkyl halides is 3. The van der Waals surface area contributed by atoms with Crippen molar-refractivity contribution in [1.82, 2.24) is 20.1 Å². The number of aromatic nitrogens is 1. The average Bonchev–Trinajstić information content (AvgIpc) is 3.46. The molecule has 2 aromatic rings. The highest BCUT2D eigenvalue weighted by Gasteiger charge is 2.46. The van der Waals surface area contributed by atoms with Gasteiger partial charge in [0.05, 0.1) is 11.3 Å². The summed E-state index contributed by atoms with van der Waals surface area (Å²) in [6.45, 7) is 0.503. The van der Waals surface area contributed by atoms with E-state index in [0.717, 1.165) is 36.7 Å². The highest BCUT2D eigenvalue weighted by molar-refractivity contribution is 6.06. The van der Waals surface area contributed by atoms with E-state index in [1.54, 1.807) is 35.4 Å². The Kier molecular flexibility index (Phi) is 6.25. The van der Waals surface area contributed by atoms with Gasteiger partial charge in [-0.1, -0.05) is 12.1 Å². The summed E-state index contributed by atoms with van der Waals surface area (Å²) in [5, 5.41) is 16.0. The normalized spacial score (nSPS) is 25.9. The number of carbonyl (C=O) groups excluding carboxylic acids is 2. The number of amides is 2. The van der Waals surface area contributed by atoms with E-state index >= 15 is 0 Å². The largest absolute Gasteiger partial charge is 0.416 e. The van der Waals surface area contributed by atoms with Crippen molar-refractivity contribution in [3.05, 3.63) is 77.4 Å². The van der Waals surface area contributed by atoms with Gasteiger partial charge >= 0.3 is 6.18 Å². The number of anilines is 1. The Bertz CT molecular complexity index is 1450. The molecule has 0 radical (unpaired) electrons. The number of nitrogens with two attached hydrogens (primary N) is 1. The zero-order valence-electron chi connectivity index (χ0n) is 21.1. The molecule has 6 rings (SSSR count).